The highest BCUT2D eigenvalue weighted by atomic mass is 16.3. The van der Waals surface area contributed by atoms with Crippen molar-refractivity contribution in [3.63, 3.8) is 0 Å². The van der Waals surface area contributed by atoms with Crippen molar-refractivity contribution in [1.29, 1.82) is 0 Å². The van der Waals surface area contributed by atoms with E-state index in [2.05, 4.69) is 17.5 Å². The van der Waals surface area contributed by atoms with Gasteiger partial charge >= 0.3 is 0 Å². The Labute approximate surface area is 95.4 Å². The maximum atomic E-state index is 11.9. The van der Waals surface area contributed by atoms with Gasteiger partial charge in [0.15, 0.2) is 0 Å². The summed E-state index contributed by atoms with van der Waals surface area (Å²) in [4.78, 5) is 11.9. The molecule has 90 valence electrons. The number of allylic oxidation sites excluding steroid dienone is 2. The SMILES string of the molecule is CC(O)(CO)CNC(=O)C1CC2C=CC1C2. The first-order valence-corrected chi connectivity index (χ1v) is 5.81. The summed E-state index contributed by atoms with van der Waals surface area (Å²) in [5, 5.41) is 21.2. The fraction of sp³-hybridized carbons (Fsp3) is 0.750. The molecule has 0 aromatic heterocycles. The lowest BCUT2D eigenvalue weighted by atomic mass is 9.92. The Morgan fingerprint density at radius 3 is 2.75 bits per heavy atom. The molecular formula is C12H19NO3. The van der Waals surface area contributed by atoms with Gasteiger partial charge in [0.25, 0.3) is 0 Å². The summed E-state index contributed by atoms with van der Waals surface area (Å²) in [6.45, 7) is 1.28. The van der Waals surface area contributed by atoms with Gasteiger partial charge in [-0.05, 0) is 31.6 Å². The molecule has 16 heavy (non-hydrogen) atoms. The van der Waals surface area contributed by atoms with Crippen LogP contribution in [0.2, 0.25) is 0 Å². The van der Waals surface area contributed by atoms with E-state index >= 15 is 0 Å². The average Bonchev–Trinajstić information content (AvgIpc) is 2.87. The summed E-state index contributed by atoms with van der Waals surface area (Å²) < 4.78 is 0. The molecule has 4 nitrogen and oxygen atoms in total. The van der Waals surface area contributed by atoms with Crippen molar-refractivity contribution in [1.82, 2.24) is 5.32 Å². The molecule has 0 saturated heterocycles. The Kier molecular flexibility index (Phi) is 3.04. The van der Waals surface area contributed by atoms with E-state index in [1.54, 1.807) is 0 Å². The van der Waals surface area contributed by atoms with Crippen molar-refractivity contribution >= 4 is 5.91 Å². The maximum absolute atomic E-state index is 11.9. The molecule has 2 aliphatic rings. The zero-order valence-corrected chi connectivity index (χ0v) is 9.52. The van der Waals surface area contributed by atoms with E-state index < -0.39 is 5.60 Å². The van der Waals surface area contributed by atoms with Crippen molar-refractivity contribution in [3.05, 3.63) is 12.2 Å². The zero-order valence-electron chi connectivity index (χ0n) is 9.52. The Hall–Kier alpha value is -0.870. The van der Waals surface area contributed by atoms with Crippen LogP contribution in [0.3, 0.4) is 0 Å². The summed E-state index contributed by atoms with van der Waals surface area (Å²) in [5.74, 6) is 1.01. The van der Waals surface area contributed by atoms with Gasteiger partial charge in [0.2, 0.25) is 5.91 Å². The monoisotopic (exact) mass is 225 g/mol. The quantitative estimate of drug-likeness (QED) is 0.592. The minimum atomic E-state index is -1.22. The molecule has 3 N–H and O–H groups in total. The van der Waals surface area contributed by atoms with Crippen molar-refractivity contribution in [3.8, 4) is 0 Å². The molecule has 0 spiro atoms. The third kappa shape index (κ3) is 2.28. The first-order chi connectivity index (χ1) is 7.52. The van der Waals surface area contributed by atoms with E-state index in [0.29, 0.717) is 11.8 Å². The van der Waals surface area contributed by atoms with Crippen LogP contribution in [0.4, 0.5) is 0 Å². The zero-order chi connectivity index (χ0) is 11.8. The van der Waals surface area contributed by atoms with Crippen LogP contribution < -0.4 is 5.32 Å². The molecule has 0 radical (unpaired) electrons. The summed E-state index contributed by atoms with van der Waals surface area (Å²) >= 11 is 0. The highest BCUT2D eigenvalue weighted by Crippen LogP contribution is 2.43. The number of aliphatic hydroxyl groups excluding tert-OH is 1. The first kappa shape index (κ1) is 11.6. The number of hydrogen-bond acceptors (Lipinski definition) is 3. The molecule has 4 unspecified atom stereocenters. The van der Waals surface area contributed by atoms with Crippen LogP contribution in [0, 0.1) is 17.8 Å². The highest BCUT2D eigenvalue weighted by Gasteiger charge is 2.40. The number of hydrogen-bond donors (Lipinski definition) is 3. The van der Waals surface area contributed by atoms with E-state index in [0.717, 1.165) is 12.8 Å². The molecule has 1 fully saturated rings. The molecule has 0 aliphatic heterocycles. The normalized spacial score (nSPS) is 35.1. The smallest absolute Gasteiger partial charge is 0.223 e. The molecule has 2 aliphatic carbocycles. The largest absolute Gasteiger partial charge is 0.393 e. The molecule has 1 saturated carbocycles. The fourth-order valence-electron chi connectivity index (χ4n) is 2.55. The van der Waals surface area contributed by atoms with Gasteiger partial charge in [-0.15, -0.1) is 0 Å². The van der Waals surface area contributed by atoms with E-state index in [1.165, 1.54) is 6.92 Å². The Morgan fingerprint density at radius 2 is 2.25 bits per heavy atom. The molecule has 1 amide bonds. The predicted octanol–water partition coefficient (Wildman–Crippen LogP) is 0.0581. The van der Waals surface area contributed by atoms with E-state index in [9.17, 15) is 9.90 Å². The van der Waals surface area contributed by atoms with Crippen LogP contribution in [0.25, 0.3) is 0 Å². The van der Waals surface area contributed by atoms with Crippen molar-refractivity contribution in [2.45, 2.75) is 25.4 Å². The van der Waals surface area contributed by atoms with Gasteiger partial charge in [0, 0.05) is 12.5 Å². The van der Waals surface area contributed by atoms with Gasteiger partial charge in [0.1, 0.15) is 5.60 Å². The second-order valence-electron chi connectivity index (χ2n) is 5.26. The van der Waals surface area contributed by atoms with Crippen LogP contribution in [0.15, 0.2) is 12.2 Å². The Bertz CT molecular complexity index is 311. The first-order valence-electron chi connectivity index (χ1n) is 5.81. The summed E-state index contributed by atoms with van der Waals surface area (Å²) in [7, 11) is 0. The topological polar surface area (TPSA) is 69.6 Å². The summed E-state index contributed by atoms with van der Waals surface area (Å²) in [6, 6.07) is 0. The van der Waals surface area contributed by atoms with Crippen molar-refractivity contribution in [2.24, 2.45) is 17.8 Å². The second kappa shape index (κ2) is 4.18. The van der Waals surface area contributed by atoms with Crippen molar-refractivity contribution < 1.29 is 15.0 Å². The molecule has 0 heterocycles. The number of amides is 1. The lowest BCUT2D eigenvalue weighted by Gasteiger charge is -2.23. The molecule has 4 heteroatoms. The van der Waals surface area contributed by atoms with Gasteiger partial charge in [-0.25, -0.2) is 0 Å². The van der Waals surface area contributed by atoms with Gasteiger partial charge in [-0.3, -0.25) is 4.79 Å². The minimum Gasteiger partial charge on any atom is -0.393 e. The third-order valence-corrected chi connectivity index (χ3v) is 3.60. The number of rotatable bonds is 4. The Morgan fingerprint density at radius 1 is 1.50 bits per heavy atom. The number of nitrogens with one attached hydrogen (secondary N) is 1. The van der Waals surface area contributed by atoms with E-state index in [1.807, 2.05) is 0 Å². The molecule has 4 atom stereocenters. The number of fused-ring (bicyclic) bond motifs is 2. The fourth-order valence-corrected chi connectivity index (χ4v) is 2.55. The van der Waals surface area contributed by atoms with Crippen LogP contribution >= 0.6 is 0 Å². The standard InChI is InChI=1S/C12H19NO3/c1-12(16,7-14)6-13-11(15)10-5-8-2-3-9(10)4-8/h2-3,8-10,14,16H,4-7H2,1H3,(H,13,15). The number of carbonyl (C=O) groups is 1. The van der Waals surface area contributed by atoms with Crippen LogP contribution in [0.1, 0.15) is 19.8 Å². The van der Waals surface area contributed by atoms with Gasteiger partial charge < -0.3 is 15.5 Å². The minimum absolute atomic E-state index is 0.00516. The van der Waals surface area contributed by atoms with Crippen LogP contribution in [-0.4, -0.2) is 34.9 Å². The molecular weight excluding hydrogens is 206 g/mol. The van der Waals surface area contributed by atoms with E-state index in [-0.39, 0.29) is 25.0 Å². The van der Waals surface area contributed by atoms with Crippen molar-refractivity contribution in [2.75, 3.05) is 13.2 Å². The van der Waals surface area contributed by atoms with Crippen LogP contribution in [-0.2, 0) is 4.79 Å². The second-order valence-corrected chi connectivity index (χ2v) is 5.26. The molecule has 2 bridgehead atoms. The van der Waals surface area contributed by atoms with Gasteiger partial charge in [-0.2, -0.15) is 0 Å². The predicted molar refractivity (Wildman–Crippen MR) is 59.6 cm³/mol. The van der Waals surface area contributed by atoms with E-state index in [4.69, 9.17) is 5.11 Å². The van der Waals surface area contributed by atoms with Gasteiger partial charge in [0.05, 0.1) is 6.61 Å². The lowest BCUT2D eigenvalue weighted by Crippen LogP contribution is -2.45. The summed E-state index contributed by atoms with van der Waals surface area (Å²) in [6.07, 6.45) is 6.34. The summed E-state index contributed by atoms with van der Waals surface area (Å²) in [5.41, 5.74) is -1.22. The molecule has 2 rings (SSSR count). The Balaban J connectivity index is 1.83. The highest BCUT2D eigenvalue weighted by molar-refractivity contribution is 5.80. The third-order valence-electron chi connectivity index (χ3n) is 3.60. The number of aliphatic hydroxyl groups is 2. The maximum Gasteiger partial charge on any atom is 0.223 e. The van der Waals surface area contributed by atoms with Gasteiger partial charge in [-0.1, -0.05) is 12.2 Å². The lowest BCUT2D eigenvalue weighted by molar-refractivity contribution is -0.127. The van der Waals surface area contributed by atoms with Crippen LogP contribution in [0.5, 0.6) is 0 Å². The molecule has 0 aromatic rings. The average molecular weight is 225 g/mol. The number of carbonyl (C=O) groups excluding carboxylic acids is 1. The molecule has 0 aromatic carbocycles.